The fourth-order valence-electron chi connectivity index (χ4n) is 0. The van der Waals surface area contributed by atoms with Gasteiger partial charge in [0.1, 0.15) is 0 Å². The molecule has 0 heterocycles. The second kappa shape index (κ2) is 15.9. The van der Waals surface area contributed by atoms with Gasteiger partial charge in [0.25, 0.3) is 0 Å². The molecule has 6 heavy (non-hydrogen) atoms. The summed E-state index contributed by atoms with van der Waals surface area (Å²) in [6.45, 7) is 0. The summed E-state index contributed by atoms with van der Waals surface area (Å²) in [5.74, 6) is 0. The van der Waals surface area contributed by atoms with E-state index in [9.17, 15) is 0 Å². The standard InChI is InChI=1S/Cl2O.2ClH.Cu/c1-3-2;;;/h;2*1H;/q;;;+2/p-2. The van der Waals surface area contributed by atoms with Gasteiger partial charge in [-0.2, -0.15) is 3.84 Å². The number of halogens is 4. The maximum atomic E-state index is 4.67. The number of hydrogen-bond donors (Lipinski definition) is 0. The van der Waals surface area contributed by atoms with E-state index in [0.29, 0.717) is 0 Å². The van der Waals surface area contributed by atoms with Gasteiger partial charge in [-0.1, -0.05) is 0 Å². The second-order valence-electron chi connectivity index (χ2n) is 0.101. The molecule has 0 aliphatic heterocycles. The van der Waals surface area contributed by atoms with E-state index in [1.165, 1.54) is 0 Å². The average Bonchev–Trinajstić information content (AvgIpc) is 1.39. The summed E-state index contributed by atoms with van der Waals surface area (Å²) in [5.41, 5.74) is 0. The van der Waals surface area contributed by atoms with Gasteiger partial charge in [0.2, 0.25) is 0 Å². The quantitative estimate of drug-likeness (QED) is 0.571. The zero-order valence-electron chi connectivity index (χ0n) is 2.22. The Morgan fingerprint density at radius 3 is 1.17 bits per heavy atom. The van der Waals surface area contributed by atoms with Crippen LogP contribution in [0.1, 0.15) is 0 Å². The SMILES string of the molecule is ClOCl.[Cl][Cu][Cl]. The molecule has 0 N–H and O–H groups in total. The predicted molar refractivity (Wildman–Crippen MR) is 24.5 cm³/mol. The molecule has 0 aliphatic rings. The molecule has 1 nitrogen and oxygen atoms in total. The third kappa shape index (κ3) is 45.2. The zero-order chi connectivity index (χ0) is 5.41. The van der Waals surface area contributed by atoms with E-state index < -0.39 is 0 Å². The molecule has 6 heteroatoms. The van der Waals surface area contributed by atoms with Crippen LogP contribution in [-0.2, 0) is 17.0 Å². The van der Waals surface area contributed by atoms with Crippen LogP contribution in [0.3, 0.4) is 0 Å². The fraction of sp³-hybridized carbons (Fsp3) is 0. The van der Waals surface area contributed by atoms with E-state index in [0.717, 1.165) is 13.1 Å². The zero-order valence-corrected chi connectivity index (χ0v) is 6.19. The van der Waals surface area contributed by atoms with E-state index in [1.54, 1.807) is 0 Å². The van der Waals surface area contributed by atoms with Crippen molar-refractivity contribution in [2.24, 2.45) is 0 Å². The van der Waals surface area contributed by atoms with E-state index in [1.807, 2.05) is 0 Å². The third-order valence-electron chi connectivity index (χ3n) is 0. The Morgan fingerprint density at radius 2 is 1.17 bits per heavy atom. The summed E-state index contributed by atoms with van der Waals surface area (Å²) in [6, 6.07) is 0. The minimum absolute atomic E-state index is 0.757. The summed E-state index contributed by atoms with van der Waals surface area (Å²) in [5, 5.41) is 0. The molecule has 0 fully saturated rings. The molecular weight excluding hydrogens is 221 g/mol. The van der Waals surface area contributed by atoms with Crippen LogP contribution in [0.4, 0.5) is 0 Å². The molecule has 0 rings (SSSR count). The van der Waals surface area contributed by atoms with Crippen molar-refractivity contribution in [3.05, 3.63) is 0 Å². The van der Waals surface area contributed by atoms with Crippen molar-refractivity contribution in [1.29, 1.82) is 0 Å². The molecule has 0 bridgehead atoms. The van der Waals surface area contributed by atoms with Crippen molar-refractivity contribution >= 4 is 43.9 Å². The van der Waals surface area contributed by atoms with E-state index in [4.69, 9.17) is 0 Å². The van der Waals surface area contributed by atoms with E-state index in [2.05, 4.69) is 47.8 Å². The predicted octanol–water partition coefficient (Wildman–Crippen LogP) is 2.69. The first kappa shape index (κ1) is 10.6. The summed E-state index contributed by atoms with van der Waals surface area (Å²) in [7, 11) is 9.34. The Balaban J connectivity index is 0. The second-order valence-corrected chi connectivity index (χ2v) is 2.12. The minimum atomic E-state index is 0.757. The van der Waals surface area contributed by atoms with Crippen molar-refractivity contribution in [2.45, 2.75) is 0 Å². The summed E-state index contributed by atoms with van der Waals surface area (Å²) in [6.07, 6.45) is 0. The van der Waals surface area contributed by atoms with Crippen LogP contribution >= 0.6 is 43.9 Å². The van der Waals surface area contributed by atoms with Gasteiger partial charge in [-0.3, -0.25) is 0 Å². The molecule has 0 aromatic carbocycles. The third-order valence-corrected chi connectivity index (χ3v) is 0. The van der Waals surface area contributed by atoms with Crippen LogP contribution in [0.5, 0.6) is 0 Å². The monoisotopic (exact) mass is 219 g/mol. The normalized spacial score (nSPS) is 6.67. The molecule has 0 saturated carbocycles. The van der Waals surface area contributed by atoms with Crippen LogP contribution in [0.15, 0.2) is 0 Å². The molecule has 0 atom stereocenters. The molecule has 45 valence electrons. The van der Waals surface area contributed by atoms with Crippen LogP contribution in [-0.4, -0.2) is 0 Å². The molecule has 0 aliphatic carbocycles. The Kier molecular flexibility index (Phi) is 28.1. The molecular formula is Cl4CuO. The van der Waals surface area contributed by atoms with Crippen LogP contribution in [0.25, 0.3) is 0 Å². The number of rotatable bonds is 0. The first-order chi connectivity index (χ1) is 2.83. The van der Waals surface area contributed by atoms with Crippen molar-refractivity contribution in [1.82, 2.24) is 0 Å². The molecule has 0 aromatic rings. The van der Waals surface area contributed by atoms with Gasteiger partial charge in [0.15, 0.2) is 0 Å². The van der Waals surface area contributed by atoms with Crippen LogP contribution in [0, 0.1) is 0 Å². The fourth-order valence-corrected chi connectivity index (χ4v) is 0. The van der Waals surface area contributed by atoms with Crippen molar-refractivity contribution in [2.75, 3.05) is 0 Å². The number of hydrogen-bond acceptors (Lipinski definition) is 1. The topological polar surface area (TPSA) is 9.23 Å². The first-order valence-corrected chi connectivity index (χ1v) is 3.75. The van der Waals surface area contributed by atoms with Gasteiger partial charge in [-0.15, -0.1) is 0 Å². The van der Waals surface area contributed by atoms with Crippen LogP contribution in [0.2, 0.25) is 0 Å². The maximum absolute atomic E-state index is 4.67. The van der Waals surface area contributed by atoms with Gasteiger partial charge >= 0.3 is 33.3 Å². The van der Waals surface area contributed by atoms with Crippen molar-refractivity contribution < 1.29 is 17.0 Å². The van der Waals surface area contributed by atoms with Gasteiger partial charge < -0.3 is 0 Å². The first-order valence-electron chi connectivity index (χ1n) is 0.537. The van der Waals surface area contributed by atoms with Gasteiger partial charge in [0.05, 0.1) is 23.7 Å². The molecule has 0 unspecified atom stereocenters. The summed E-state index contributed by atoms with van der Waals surface area (Å²) >= 11 is 9.28. The summed E-state index contributed by atoms with van der Waals surface area (Å²) < 4.78 is 3.19. The Morgan fingerprint density at radius 1 is 1.17 bits per heavy atom. The van der Waals surface area contributed by atoms with Gasteiger partial charge in [-0.05, 0) is 0 Å². The van der Waals surface area contributed by atoms with Gasteiger partial charge in [0, 0.05) is 0 Å². The Labute approximate surface area is 60.8 Å². The Bertz CT molecular complexity index is 9.51. The molecule has 0 saturated heterocycles. The molecule has 0 radical (unpaired) electrons. The molecule has 0 amide bonds. The van der Waals surface area contributed by atoms with Gasteiger partial charge in [-0.25, -0.2) is 0 Å². The Hall–Kier alpha value is 1.64. The molecule has 0 spiro atoms. The van der Waals surface area contributed by atoms with Crippen molar-refractivity contribution in [3.8, 4) is 0 Å². The van der Waals surface area contributed by atoms with E-state index in [-0.39, 0.29) is 0 Å². The van der Waals surface area contributed by atoms with Crippen LogP contribution < -0.4 is 0 Å². The average molecular weight is 221 g/mol. The van der Waals surface area contributed by atoms with Crippen molar-refractivity contribution in [3.63, 3.8) is 0 Å². The summed E-state index contributed by atoms with van der Waals surface area (Å²) in [4.78, 5) is 0. The van der Waals surface area contributed by atoms with E-state index >= 15 is 0 Å². The molecule has 0 aromatic heterocycles.